The third-order valence-electron chi connectivity index (χ3n) is 9.98. The Hall–Kier alpha value is -6.80. The number of carbonyl (C=O) groups is 2. The van der Waals surface area contributed by atoms with Crippen LogP contribution in [0.5, 0.6) is 23.0 Å². The highest BCUT2D eigenvalue weighted by atomic mass is 16.5. The van der Waals surface area contributed by atoms with Crippen LogP contribution in [0.2, 0.25) is 0 Å². The monoisotopic (exact) mass is 710 g/mol. The summed E-state index contributed by atoms with van der Waals surface area (Å²) in [7, 11) is 0. The second-order valence-electron chi connectivity index (χ2n) is 13.4. The molecule has 0 unspecified atom stereocenters. The van der Waals surface area contributed by atoms with Gasteiger partial charge in [-0.2, -0.15) is 0 Å². The Labute approximate surface area is 314 Å². The third-order valence-corrected chi connectivity index (χ3v) is 9.98. The number of carbonyl (C=O) groups excluding carboxylic acids is 2. The predicted molar refractivity (Wildman–Crippen MR) is 208 cm³/mol. The zero-order valence-electron chi connectivity index (χ0n) is 29.6. The molecule has 4 aromatic carbocycles. The van der Waals surface area contributed by atoms with E-state index in [9.17, 15) is 9.59 Å². The number of rotatable bonds is 9. The maximum atomic E-state index is 13.6. The average Bonchev–Trinajstić information content (AvgIpc) is 3.23. The van der Waals surface area contributed by atoms with Crippen LogP contribution in [0.25, 0.3) is 6.08 Å². The second kappa shape index (κ2) is 15.4. The van der Waals surface area contributed by atoms with E-state index in [1.54, 1.807) is 30.7 Å². The van der Waals surface area contributed by atoms with Crippen molar-refractivity contribution in [2.24, 2.45) is 0 Å². The summed E-state index contributed by atoms with van der Waals surface area (Å²) in [5.74, 6) is 2.50. The van der Waals surface area contributed by atoms with Gasteiger partial charge >= 0.3 is 0 Å². The minimum atomic E-state index is -0.0882. The molecule has 6 aromatic rings. The molecule has 2 atom stereocenters. The summed E-state index contributed by atoms with van der Waals surface area (Å²) in [5.41, 5.74) is 7.34. The molecular weight excluding hydrogens is 673 g/mol. The number of hydrogen-bond donors (Lipinski definition) is 0. The first kappa shape index (κ1) is 34.3. The van der Waals surface area contributed by atoms with Crippen molar-refractivity contribution >= 4 is 17.9 Å². The van der Waals surface area contributed by atoms with Crippen molar-refractivity contribution in [3.05, 3.63) is 198 Å². The number of nitrogens with zero attached hydrogens (tertiary/aromatic N) is 4. The van der Waals surface area contributed by atoms with Gasteiger partial charge in [-0.25, -0.2) is 0 Å². The lowest BCUT2D eigenvalue weighted by Crippen LogP contribution is -2.37. The molecule has 54 heavy (non-hydrogen) atoms. The summed E-state index contributed by atoms with van der Waals surface area (Å²) in [6, 6.07) is 39.9. The molecule has 4 heterocycles. The van der Waals surface area contributed by atoms with E-state index >= 15 is 0 Å². The molecule has 0 radical (unpaired) electrons. The normalized spacial score (nSPS) is 16.3. The molecule has 2 aliphatic heterocycles. The topological polar surface area (TPSA) is 84.9 Å². The van der Waals surface area contributed by atoms with E-state index in [0.717, 1.165) is 39.1 Å². The minimum Gasteiger partial charge on any atom is -0.456 e. The molecule has 8 nitrogen and oxygen atoms in total. The number of hydrogen-bond acceptors (Lipinski definition) is 6. The molecule has 8 rings (SSSR count). The van der Waals surface area contributed by atoms with Gasteiger partial charge in [0.1, 0.15) is 23.0 Å². The van der Waals surface area contributed by atoms with Gasteiger partial charge in [0.2, 0.25) is 11.8 Å². The van der Waals surface area contributed by atoms with Crippen LogP contribution in [0, 0.1) is 0 Å². The summed E-state index contributed by atoms with van der Waals surface area (Å²) < 4.78 is 12.4. The number of ether oxygens (including phenoxy) is 2. The summed E-state index contributed by atoms with van der Waals surface area (Å²) in [5, 5.41) is 0. The van der Waals surface area contributed by atoms with Crippen molar-refractivity contribution in [2.75, 3.05) is 13.1 Å². The molecule has 2 aromatic heterocycles. The van der Waals surface area contributed by atoms with Crippen LogP contribution in [0.1, 0.15) is 50.9 Å². The van der Waals surface area contributed by atoms with E-state index in [2.05, 4.69) is 52.9 Å². The SMILES string of the molecule is C=CC(=O)N1Cc2ccc(Oc3ccc(/C=C/C(=O)N4Cc5ccc(Oc6cccnc6)cc5[C@@H](c5ccccc5)C4)nc3)cc2[C@H](c2ccccc2)C1. The van der Waals surface area contributed by atoms with Crippen LogP contribution >= 0.6 is 0 Å². The molecule has 0 N–H and O–H groups in total. The second-order valence-corrected chi connectivity index (χ2v) is 13.4. The molecule has 0 saturated heterocycles. The van der Waals surface area contributed by atoms with Gasteiger partial charge in [-0.15, -0.1) is 0 Å². The van der Waals surface area contributed by atoms with Crippen molar-refractivity contribution in [3.63, 3.8) is 0 Å². The highest BCUT2D eigenvalue weighted by Gasteiger charge is 2.30. The Bertz CT molecular complexity index is 2310. The molecule has 8 heteroatoms. The number of aromatic nitrogens is 2. The number of amides is 2. The molecule has 0 aliphatic carbocycles. The standard InChI is InChI=1S/C46H38N4O4/c1-2-45(51)49-28-34-15-20-38(25-41(34)43(30-49)32-10-5-3-6-11-32)54-40-21-17-36(48-27-40)18-22-46(52)50-29-35-16-19-37(53-39-14-9-23-47-26-39)24-42(35)44(31-50)33-12-7-4-8-13-33/h2-27,43-44H,1,28-31H2/b22-18+/t43-,44+/m0/s1. The predicted octanol–water partition coefficient (Wildman–Crippen LogP) is 8.91. The van der Waals surface area contributed by atoms with Crippen molar-refractivity contribution < 1.29 is 19.1 Å². The van der Waals surface area contributed by atoms with E-state index in [-0.39, 0.29) is 23.7 Å². The van der Waals surface area contributed by atoms with Crippen molar-refractivity contribution in [1.29, 1.82) is 0 Å². The van der Waals surface area contributed by atoms with E-state index in [1.807, 2.05) is 94.7 Å². The zero-order chi connectivity index (χ0) is 36.9. The van der Waals surface area contributed by atoms with Gasteiger partial charge in [-0.05, 0) is 94.1 Å². The van der Waals surface area contributed by atoms with Crippen molar-refractivity contribution in [2.45, 2.75) is 24.9 Å². The van der Waals surface area contributed by atoms with Crippen LogP contribution in [0.15, 0.2) is 159 Å². The minimum absolute atomic E-state index is 0.00540. The molecule has 2 aliphatic rings. The first-order chi connectivity index (χ1) is 26.5. The molecular formula is C46H38N4O4. The van der Waals surface area contributed by atoms with Gasteiger partial charge in [0.25, 0.3) is 0 Å². The van der Waals surface area contributed by atoms with Crippen LogP contribution < -0.4 is 9.47 Å². The van der Waals surface area contributed by atoms with Gasteiger partial charge in [-0.3, -0.25) is 19.6 Å². The van der Waals surface area contributed by atoms with Gasteiger partial charge in [0.15, 0.2) is 0 Å². The Morgan fingerprint density at radius 1 is 0.630 bits per heavy atom. The first-order valence-electron chi connectivity index (χ1n) is 18.0. The van der Waals surface area contributed by atoms with Crippen molar-refractivity contribution in [3.8, 4) is 23.0 Å². The lowest BCUT2D eigenvalue weighted by Gasteiger charge is -2.35. The Morgan fingerprint density at radius 2 is 1.19 bits per heavy atom. The highest BCUT2D eigenvalue weighted by molar-refractivity contribution is 5.92. The lowest BCUT2D eigenvalue weighted by atomic mass is 9.84. The van der Waals surface area contributed by atoms with Crippen LogP contribution in [-0.4, -0.2) is 44.7 Å². The summed E-state index contributed by atoms with van der Waals surface area (Å²) in [6.07, 6.45) is 9.77. The number of benzene rings is 4. The third kappa shape index (κ3) is 7.54. The Balaban J connectivity index is 0.961. The molecule has 0 fully saturated rings. The van der Waals surface area contributed by atoms with Crippen LogP contribution in [0.4, 0.5) is 0 Å². The van der Waals surface area contributed by atoms with Gasteiger partial charge in [0, 0.05) is 50.3 Å². The maximum absolute atomic E-state index is 13.6. The van der Waals surface area contributed by atoms with E-state index in [1.165, 1.54) is 6.08 Å². The van der Waals surface area contributed by atoms with Gasteiger partial charge in [-0.1, -0.05) is 79.4 Å². The maximum Gasteiger partial charge on any atom is 0.246 e. The fourth-order valence-corrected chi connectivity index (χ4v) is 7.29. The summed E-state index contributed by atoms with van der Waals surface area (Å²) in [4.78, 5) is 38.6. The van der Waals surface area contributed by atoms with Crippen molar-refractivity contribution in [1.82, 2.24) is 19.8 Å². The summed E-state index contributed by atoms with van der Waals surface area (Å²) in [6.45, 7) is 5.79. The van der Waals surface area contributed by atoms with Crippen LogP contribution in [-0.2, 0) is 22.7 Å². The Kier molecular flexibility index (Phi) is 9.80. The number of fused-ring (bicyclic) bond motifs is 2. The average molecular weight is 711 g/mol. The lowest BCUT2D eigenvalue weighted by molar-refractivity contribution is -0.127. The fourth-order valence-electron chi connectivity index (χ4n) is 7.29. The van der Waals surface area contributed by atoms with E-state index < -0.39 is 0 Å². The zero-order valence-corrected chi connectivity index (χ0v) is 29.6. The summed E-state index contributed by atoms with van der Waals surface area (Å²) >= 11 is 0. The quantitative estimate of drug-likeness (QED) is 0.139. The fraction of sp³-hybridized carbons (Fsp3) is 0.130. The smallest absolute Gasteiger partial charge is 0.246 e. The van der Waals surface area contributed by atoms with Gasteiger partial charge < -0.3 is 19.3 Å². The van der Waals surface area contributed by atoms with E-state index in [0.29, 0.717) is 49.1 Å². The largest absolute Gasteiger partial charge is 0.456 e. The highest BCUT2D eigenvalue weighted by Crippen LogP contribution is 2.38. The van der Waals surface area contributed by atoms with Crippen LogP contribution in [0.3, 0.4) is 0 Å². The first-order valence-corrected chi connectivity index (χ1v) is 18.0. The van der Waals surface area contributed by atoms with E-state index in [4.69, 9.17) is 9.47 Å². The molecule has 0 saturated carbocycles. The molecule has 0 spiro atoms. The van der Waals surface area contributed by atoms with Gasteiger partial charge in [0.05, 0.1) is 18.1 Å². The molecule has 0 bridgehead atoms. The molecule has 2 amide bonds. The number of pyridine rings is 2. The molecule has 266 valence electrons. The Morgan fingerprint density at radius 3 is 1.70 bits per heavy atom.